The molecule has 0 saturated carbocycles. The van der Waals surface area contributed by atoms with E-state index in [4.69, 9.17) is 0 Å². The molecular weight excluding hydrogens is 298 g/mol. The smallest absolute Gasteiger partial charge is 0.144 e. The molecule has 3 rings (SSSR count). The molecule has 0 aromatic carbocycles. The van der Waals surface area contributed by atoms with Crippen LogP contribution in [-0.4, -0.2) is 23.1 Å². The second-order valence-electron chi connectivity index (χ2n) is 6.51. The number of aromatic nitrogens is 2. The van der Waals surface area contributed by atoms with Gasteiger partial charge in [0.1, 0.15) is 17.7 Å². The third-order valence-electron chi connectivity index (χ3n) is 4.65. The molecule has 0 atom stereocenters. The number of pyridine rings is 2. The molecule has 0 radical (unpaired) electrons. The lowest BCUT2D eigenvalue weighted by Gasteiger charge is -2.31. The van der Waals surface area contributed by atoms with Gasteiger partial charge in [-0.1, -0.05) is 13.0 Å². The molecule has 1 aliphatic rings. The maximum absolute atomic E-state index is 9.25. The van der Waals surface area contributed by atoms with Gasteiger partial charge in [0.2, 0.25) is 0 Å². The molecule has 0 amide bonds. The van der Waals surface area contributed by atoms with Gasteiger partial charge in [0.15, 0.2) is 0 Å². The van der Waals surface area contributed by atoms with Crippen molar-refractivity contribution in [3.05, 3.63) is 47.3 Å². The fourth-order valence-corrected chi connectivity index (χ4v) is 2.97. The maximum atomic E-state index is 9.25. The van der Waals surface area contributed by atoms with Crippen LogP contribution < -0.4 is 10.2 Å². The number of nitrogens with one attached hydrogen (secondary N) is 1. The van der Waals surface area contributed by atoms with E-state index in [0.717, 1.165) is 36.0 Å². The van der Waals surface area contributed by atoms with E-state index in [9.17, 15) is 5.26 Å². The van der Waals surface area contributed by atoms with E-state index >= 15 is 0 Å². The van der Waals surface area contributed by atoms with Crippen molar-refractivity contribution in [2.45, 2.75) is 33.2 Å². The minimum absolute atomic E-state index is 0.601. The average Bonchev–Trinajstić information content (AvgIpc) is 2.61. The summed E-state index contributed by atoms with van der Waals surface area (Å²) in [4.78, 5) is 11.2. The molecule has 0 unspecified atom stereocenters. The highest BCUT2D eigenvalue weighted by atomic mass is 15.2. The number of hydrogen-bond acceptors (Lipinski definition) is 5. The zero-order chi connectivity index (χ0) is 16.9. The molecular formula is C19H23N5. The first-order valence-corrected chi connectivity index (χ1v) is 8.47. The van der Waals surface area contributed by atoms with Crippen molar-refractivity contribution < 1.29 is 0 Å². The van der Waals surface area contributed by atoms with Crippen LogP contribution in [0.3, 0.4) is 0 Å². The van der Waals surface area contributed by atoms with Crippen LogP contribution in [0.2, 0.25) is 0 Å². The Morgan fingerprint density at radius 3 is 2.71 bits per heavy atom. The second kappa shape index (κ2) is 7.31. The lowest BCUT2D eigenvalue weighted by Crippen LogP contribution is -2.33. The monoisotopic (exact) mass is 321 g/mol. The van der Waals surface area contributed by atoms with Crippen LogP contribution in [0, 0.1) is 24.2 Å². The number of anilines is 2. The van der Waals surface area contributed by atoms with Crippen molar-refractivity contribution in [1.29, 1.82) is 5.26 Å². The van der Waals surface area contributed by atoms with E-state index < -0.39 is 0 Å². The summed E-state index contributed by atoms with van der Waals surface area (Å²) in [5, 5.41) is 12.5. The minimum Gasteiger partial charge on any atom is -0.365 e. The summed E-state index contributed by atoms with van der Waals surface area (Å²) in [6.07, 6.45) is 6.10. The molecule has 24 heavy (non-hydrogen) atoms. The summed E-state index contributed by atoms with van der Waals surface area (Å²) in [5.74, 6) is 2.50. The van der Waals surface area contributed by atoms with Crippen LogP contribution in [-0.2, 0) is 6.54 Å². The molecule has 3 heterocycles. The van der Waals surface area contributed by atoms with Gasteiger partial charge in [0.05, 0.1) is 5.56 Å². The normalized spacial score (nSPS) is 15.1. The zero-order valence-electron chi connectivity index (χ0n) is 14.3. The molecule has 1 fully saturated rings. The molecule has 1 saturated heterocycles. The molecule has 2 aromatic heterocycles. The van der Waals surface area contributed by atoms with Gasteiger partial charge in [-0.15, -0.1) is 0 Å². The average molecular weight is 321 g/mol. The Kier molecular flexibility index (Phi) is 4.95. The van der Waals surface area contributed by atoms with Crippen molar-refractivity contribution in [3.63, 3.8) is 0 Å². The van der Waals surface area contributed by atoms with Crippen LogP contribution in [0.1, 0.15) is 36.5 Å². The fourth-order valence-electron chi connectivity index (χ4n) is 2.97. The summed E-state index contributed by atoms with van der Waals surface area (Å²) in [5.41, 5.74) is 2.61. The summed E-state index contributed by atoms with van der Waals surface area (Å²) in [6, 6.07) is 8.23. The summed E-state index contributed by atoms with van der Waals surface area (Å²) in [7, 11) is 0. The first-order valence-electron chi connectivity index (χ1n) is 8.47. The van der Waals surface area contributed by atoms with Crippen LogP contribution in [0.15, 0.2) is 30.6 Å². The number of hydrogen-bond donors (Lipinski definition) is 1. The van der Waals surface area contributed by atoms with Gasteiger partial charge in [0.25, 0.3) is 0 Å². The molecule has 2 aromatic rings. The van der Waals surface area contributed by atoms with E-state index in [1.54, 1.807) is 6.20 Å². The Morgan fingerprint density at radius 2 is 2.04 bits per heavy atom. The predicted octanol–water partition coefficient (Wildman–Crippen LogP) is 3.51. The Hall–Kier alpha value is -2.61. The third-order valence-corrected chi connectivity index (χ3v) is 4.65. The SMILES string of the molecule is Cc1ccnc(NCc2ccc(N3CCC(C)CC3)nc2)c1C#N. The Morgan fingerprint density at radius 1 is 1.25 bits per heavy atom. The molecule has 5 heteroatoms. The van der Waals surface area contributed by atoms with Gasteiger partial charge in [-0.3, -0.25) is 0 Å². The van der Waals surface area contributed by atoms with Gasteiger partial charge in [-0.05, 0) is 48.9 Å². The van der Waals surface area contributed by atoms with E-state index in [2.05, 4.69) is 45.3 Å². The third kappa shape index (κ3) is 3.65. The van der Waals surface area contributed by atoms with Crippen LogP contribution in [0.25, 0.3) is 0 Å². The lowest BCUT2D eigenvalue weighted by molar-refractivity contribution is 0.436. The largest absolute Gasteiger partial charge is 0.365 e. The molecule has 1 aliphatic heterocycles. The van der Waals surface area contributed by atoms with Crippen LogP contribution >= 0.6 is 0 Å². The highest BCUT2D eigenvalue weighted by Gasteiger charge is 2.16. The number of aryl methyl sites for hydroxylation is 1. The number of piperidine rings is 1. The van der Waals surface area contributed by atoms with Gasteiger partial charge in [-0.25, -0.2) is 9.97 Å². The summed E-state index contributed by atoms with van der Waals surface area (Å²) < 4.78 is 0. The van der Waals surface area contributed by atoms with E-state index in [1.165, 1.54) is 12.8 Å². The maximum Gasteiger partial charge on any atom is 0.144 e. The summed E-state index contributed by atoms with van der Waals surface area (Å²) in [6.45, 7) is 7.01. The predicted molar refractivity (Wildman–Crippen MR) is 95.9 cm³/mol. The highest BCUT2D eigenvalue weighted by Crippen LogP contribution is 2.21. The Balaban J connectivity index is 1.63. The molecule has 0 aliphatic carbocycles. The topological polar surface area (TPSA) is 64.8 Å². The number of rotatable bonds is 4. The van der Waals surface area contributed by atoms with Crippen molar-refractivity contribution >= 4 is 11.6 Å². The first-order chi connectivity index (χ1) is 11.7. The highest BCUT2D eigenvalue weighted by molar-refractivity contribution is 5.55. The Bertz CT molecular complexity index is 724. The lowest BCUT2D eigenvalue weighted by atomic mass is 9.99. The molecule has 0 spiro atoms. The second-order valence-corrected chi connectivity index (χ2v) is 6.51. The molecule has 0 bridgehead atoms. The first kappa shape index (κ1) is 16.3. The van der Waals surface area contributed by atoms with E-state index in [1.807, 2.05) is 19.2 Å². The molecule has 124 valence electrons. The molecule has 5 nitrogen and oxygen atoms in total. The van der Waals surface area contributed by atoms with Crippen molar-refractivity contribution in [3.8, 4) is 6.07 Å². The van der Waals surface area contributed by atoms with Crippen LogP contribution in [0.4, 0.5) is 11.6 Å². The minimum atomic E-state index is 0.601. The molecule has 1 N–H and O–H groups in total. The fraction of sp³-hybridized carbons (Fsp3) is 0.421. The van der Waals surface area contributed by atoms with Crippen molar-refractivity contribution in [2.75, 3.05) is 23.3 Å². The van der Waals surface area contributed by atoms with Gasteiger partial charge in [0, 0.05) is 32.0 Å². The van der Waals surface area contributed by atoms with E-state index in [-0.39, 0.29) is 0 Å². The van der Waals surface area contributed by atoms with Crippen molar-refractivity contribution in [1.82, 2.24) is 9.97 Å². The van der Waals surface area contributed by atoms with Crippen LogP contribution in [0.5, 0.6) is 0 Å². The Labute approximate surface area is 143 Å². The zero-order valence-corrected chi connectivity index (χ0v) is 14.3. The van der Waals surface area contributed by atoms with Gasteiger partial charge < -0.3 is 10.2 Å². The van der Waals surface area contributed by atoms with Gasteiger partial charge in [-0.2, -0.15) is 5.26 Å². The van der Waals surface area contributed by atoms with Crippen molar-refractivity contribution in [2.24, 2.45) is 5.92 Å². The van der Waals surface area contributed by atoms with Gasteiger partial charge >= 0.3 is 0 Å². The quantitative estimate of drug-likeness (QED) is 0.933. The van der Waals surface area contributed by atoms with E-state index in [0.29, 0.717) is 17.9 Å². The number of nitriles is 1. The summed E-state index contributed by atoms with van der Waals surface area (Å²) >= 11 is 0. The number of nitrogens with zero attached hydrogens (tertiary/aromatic N) is 4. The standard InChI is InChI=1S/C19H23N5/c1-14-6-9-24(10-7-14)18-4-3-16(12-22-18)13-23-19-17(11-20)15(2)5-8-21-19/h3-5,8,12,14H,6-7,9-10,13H2,1-2H3,(H,21,23).